The van der Waals surface area contributed by atoms with Gasteiger partial charge in [-0.05, 0) is 44.5 Å². The summed E-state index contributed by atoms with van der Waals surface area (Å²) >= 11 is 6.54. The second-order valence-corrected chi connectivity index (χ2v) is 7.24. The molecule has 1 aliphatic rings. The number of halogens is 1. The number of allylic oxidation sites excluding steroid dienone is 1. The third-order valence-electron chi connectivity index (χ3n) is 4.59. The molecule has 2 aromatic carbocycles. The van der Waals surface area contributed by atoms with Crippen molar-refractivity contribution in [2.45, 2.75) is 32.9 Å². The van der Waals surface area contributed by atoms with Crippen molar-refractivity contribution in [1.29, 1.82) is 0 Å². The van der Waals surface area contributed by atoms with E-state index in [1.807, 2.05) is 73.9 Å². The smallest absolute Gasteiger partial charge is 0.338 e. The lowest BCUT2D eigenvalue weighted by Crippen LogP contribution is -2.30. The molecule has 5 nitrogen and oxygen atoms in total. The third-order valence-corrected chi connectivity index (χ3v) is 4.94. The van der Waals surface area contributed by atoms with Gasteiger partial charge in [-0.2, -0.15) is 0 Å². The van der Waals surface area contributed by atoms with Crippen LogP contribution in [0.5, 0.6) is 0 Å². The number of fused-ring (bicyclic) bond motifs is 3. The maximum Gasteiger partial charge on any atom is 0.338 e. The van der Waals surface area contributed by atoms with Crippen LogP contribution in [0.4, 0.5) is 5.95 Å². The first-order valence-electron chi connectivity index (χ1n) is 8.87. The largest absolute Gasteiger partial charge is 0.459 e. The summed E-state index contributed by atoms with van der Waals surface area (Å²) in [6.07, 6.45) is -0.217. The van der Waals surface area contributed by atoms with Gasteiger partial charge < -0.3 is 10.1 Å². The fourth-order valence-corrected chi connectivity index (χ4v) is 3.74. The van der Waals surface area contributed by atoms with Crippen LogP contribution >= 0.6 is 11.6 Å². The van der Waals surface area contributed by atoms with Gasteiger partial charge in [0.15, 0.2) is 0 Å². The van der Waals surface area contributed by atoms with Crippen LogP contribution in [-0.2, 0) is 9.53 Å². The zero-order chi connectivity index (χ0) is 19.1. The molecule has 1 N–H and O–H groups in total. The lowest BCUT2D eigenvalue weighted by molar-refractivity contribution is -0.143. The molecule has 0 saturated heterocycles. The average molecular weight is 382 g/mol. The van der Waals surface area contributed by atoms with Gasteiger partial charge in [-0.3, -0.25) is 4.57 Å². The summed E-state index contributed by atoms with van der Waals surface area (Å²) in [7, 11) is 0. The molecule has 0 radical (unpaired) electrons. The first-order valence-corrected chi connectivity index (χ1v) is 9.25. The molecule has 0 aliphatic carbocycles. The van der Waals surface area contributed by atoms with E-state index in [0.717, 1.165) is 16.6 Å². The molecule has 0 amide bonds. The molecule has 2 heterocycles. The van der Waals surface area contributed by atoms with Crippen molar-refractivity contribution in [3.8, 4) is 0 Å². The predicted molar refractivity (Wildman–Crippen MR) is 107 cm³/mol. The zero-order valence-corrected chi connectivity index (χ0v) is 16.1. The highest BCUT2D eigenvalue weighted by Gasteiger charge is 2.36. The summed E-state index contributed by atoms with van der Waals surface area (Å²) in [5.41, 5.74) is 3.86. The van der Waals surface area contributed by atoms with E-state index in [0.29, 0.717) is 22.2 Å². The normalized spacial score (nSPS) is 16.4. The highest BCUT2D eigenvalue weighted by Crippen LogP contribution is 2.41. The predicted octanol–water partition coefficient (Wildman–Crippen LogP) is 4.93. The Labute approximate surface area is 162 Å². The van der Waals surface area contributed by atoms with E-state index in [-0.39, 0.29) is 12.1 Å². The summed E-state index contributed by atoms with van der Waals surface area (Å²) in [6.45, 7) is 5.54. The number of hydrogen-bond acceptors (Lipinski definition) is 4. The van der Waals surface area contributed by atoms with Crippen LogP contribution in [-0.4, -0.2) is 21.6 Å². The van der Waals surface area contributed by atoms with Crippen molar-refractivity contribution in [1.82, 2.24) is 9.55 Å². The average Bonchev–Trinajstić information content (AvgIpc) is 2.98. The minimum absolute atomic E-state index is 0.217. The molecule has 1 aliphatic heterocycles. The SMILES string of the molecule is CC1=C(C(=O)OC(C)C)[C@H](c2ccccc2Cl)n2c(nc3ccccc32)N1. The third kappa shape index (κ3) is 2.98. The van der Waals surface area contributed by atoms with Gasteiger partial charge in [0, 0.05) is 10.7 Å². The Balaban J connectivity index is 1.99. The first kappa shape index (κ1) is 17.6. The van der Waals surface area contributed by atoms with Crippen LogP contribution < -0.4 is 5.32 Å². The molecule has 6 heteroatoms. The van der Waals surface area contributed by atoms with Crippen LogP contribution in [0, 0.1) is 0 Å². The fraction of sp³-hybridized carbons (Fsp3) is 0.238. The van der Waals surface area contributed by atoms with Crippen molar-refractivity contribution in [2.75, 3.05) is 5.32 Å². The Kier molecular flexibility index (Phi) is 4.40. The fourth-order valence-electron chi connectivity index (χ4n) is 3.50. The summed E-state index contributed by atoms with van der Waals surface area (Å²) < 4.78 is 7.56. The van der Waals surface area contributed by atoms with Gasteiger partial charge in [0.25, 0.3) is 0 Å². The Morgan fingerprint density at radius 3 is 2.63 bits per heavy atom. The molecule has 0 unspecified atom stereocenters. The number of nitrogens with one attached hydrogen (secondary N) is 1. The van der Waals surface area contributed by atoms with Gasteiger partial charge in [0.1, 0.15) is 0 Å². The molecular formula is C21H20ClN3O2. The van der Waals surface area contributed by atoms with Gasteiger partial charge in [-0.25, -0.2) is 9.78 Å². The van der Waals surface area contributed by atoms with Crippen LogP contribution in [0.1, 0.15) is 32.4 Å². The van der Waals surface area contributed by atoms with E-state index >= 15 is 0 Å². The molecule has 0 spiro atoms. The summed E-state index contributed by atoms with van der Waals surface area (Å²) in [6, 6.07) is 15.0. The second kappa shape index (κ2) is 6.74. The highest BCUT2D eigenvalue weighted by atomic mass is 35.5. The van der Waals surface area contributed by atoms with E-state index in [9.17, 15) is 4.79 Å². The zero-order valence-electron chi connectivity index (χ0n) is 15.4. The number of imidazole rings is 1. The van der Waals surface area contributed by atoms with Gasteiger partial charge in [-0.1, -0.05) is 41.9 Å². The Morgan fingerprint density at radius 2 is 1.89 bits per heavy atom. The number of nitrogens with zero attached hydrogens (tertiary/aromatic N) is 2. The number of rotatable bonds is 3. The summed E-state index contributed by atoms with van der Waals surface area (Å²) in [5, 5.41) is 3.85. The first-order chi connectivity index (χ1) is 13.0. The van der Waals surface area contributed by atoms with E-state index in [4.69, 9.17) is 16.3 Å². The van der Waals surface area contributed by atoms with Gasteiger partial charge in [-0.15, -0.1) is 0 Å². The Bertz CT molecular complexity index is 1070. The Morgan fingerprint density at radius 1 is 1.19 bits per heavy atom. The number of carbonyl (C=O) groups excluding carboxylic acids is 1. The van der Waals surface area contributed by atoms with Gasteiger partial charge >= 0.3 is 5.97 Å². The molecule has 0 fully saturated rings. The minimum Gasteiger partial charge on any atom is -0.459 e. The van der Waals surface area contributed by atoms with Crippen molar-refractivity contribution in [3.63, 3.8) is 0 Å². The number of benzene rings is 2. The number of esters is 1. The number of aromatic nitrogens is 2. The lowest BCUT2D eigenvalue weighted by Gasteiger charge is -2.31. The van der Waals surface area contributed by atoms with Crippen LogP contribution in [0.2, 0.25) is 5.02 Å². The van der Waals surface area contributed by atoms with Crippen LogP contribution in [0.25, 0.3) is 11.0 Å². The second-order valence-electron chi connectivity index (χ2n) is 6.84. The van der Waals surface area contributed by atoms with E-state index in [1.165, 1.54) is 0 Å². The topological polar surface area (TPSA) is 56.2 Å². The number of hydrogen-bond donors (Lipinski definition) is 1. The van der Waals surface area contributed by atoms with Crippen LogP contribution in [0.15, 0.2) is 59.8 Å². The van der Waals surface area contributed by atoms with E-state index in [1.54, 1.807) is 0 Å². The summed E-state index contributed by atoms with van der Waals surface area (Å²) in [4.78, 5) is 17.7. The summed E-state index contributed by atoms with van der Waals surface area (Å²) in [5.74, 6) is 0.322. The standard InChI is InChI=1S/C21H20ClN3O2/c1-12(2)27-20(26)18-13(3)23-21-24-16-10-6-7-11-17(16)25(21)19(18)14-8-4-5-9-15(14)22/h4-12,19H,1-3H3,(H,23,24)/t19-/m0/s1. The quantitative estimate of drug-likeness (QED) is 0.653. The molecular weight excluding hydrogens is 362 g/mol. The van der Waals surface area contributed by atoms with Crippen molar-refractivity contribution in [2.24, 2.45) is 0 Å². The van der Waals surface area contributed by atoms with Gasteiger partial charge in [0.2, 0.25) is 5.95 Å². The highest BCUT2D eigenvalue weighted by molar-refractivity contribution is 6.31. The molecule has 4 rings (SSSR count). The number of ether oxygens (including phenoxy) is 1. The van der Waals surface area contributed by atoms with Crippen LogP contribution in [0.3, 0.4) is 0 Å². The maximum atomic E-state index is 13.0. The molecule has 3 aromatic rings. The molecule has 0 bridgehead atoms. The van der Waals surface area contributed by atoms with E-state index < -0.39 is 6.04 Å². The number of anilines is 1. The molecule has 1 atom stereocenters. The number of carbonyl (C=O) groups is 1. The maximum absolute atomic E-state index is 13.0. The minimum atomic E-state index is -0.423. The monoisotopic (exact) mass is 381 g/mol. The van der Waals surface area contributed by atoms with E-state index in [2.05, 4.69) is 10.3 Å². The molecule has 0 saturated carbocycles. The van der Waals surface area contributed by atoms with Gasteiger partial charge in [0.05, 0.1) is 28.8 Å². The number of para-hydroxylation sites is 2. The van der Waals surface area contributed by atoms with Crippen molar-refractivity contribution >= 4 is 34.6 Å². The lowest BCUT2D eigenvalue weighted by atomic mass is 9.95. The molecule has 1 aromatic heterocycles. The van der Waals surface area contributed by atoms with Crippen molar-refractivity contribution in [3.05, 3.63) is 70.4 Å². The molecule has 27 heavy (non-hydrogen) atoms. The Hall–Kier alpha value is -2.79. The molecule has 138 valence electrons. The van der Waals surface area contributed by atoms with Crippen molar-refractivity contribution < 1.29 is 9.53 Å².